The van der Waals surface area contributed by atoms with Crippen molar-refractivity contribution in [3.05, 3.63) is 60.4 Å². The summed E-state index contributed by atoms with van der Waals surface area (Å²) in [4.78, 5) is 19.5. The maximum Gasteiger partial charge on any atom is 0.248 e. The smallest absolute Gasteiger partial charge is 0.248 e. The van der Waals surface area contributed by atoms with Gasteiger partial charge in [0.05, 0.1) is 21.3 Å². The Kier molecular flexibility index (Phi) is 5.96. The average molecular weight is 379 g/mol. The maximum absolute atomic E-state index is 12.2. The first-order valence-corrected chi connectivity index (χ1v) is 8.53. The number of aromatic nitrogens is 2. The van der Waals surface area contributed by atoms with Crippen molar-refractivity contribution in [3.8, 4) is 28.6 Å². The Balaban J connectivity index is 1.70. The van der Waals surface area contributed by atoms with Crippen molar-refractivity contribution < 1.29 is 19.0 Å². The SMILES string of the molecule is COc1cc(/C=C/C(=O)Nc2ccc(-c3ncc[nH]3)cc2)cc(OC)c1OC. The van der Waals surface area contributed by atoms with Gasteiger partial charge in [-0.25, -0.2) is 4.98 Å². The number of hydrogen-bond acceptors (Lipinski definition) is 5. The van der Waals surface area contributed by atoms with Gasteiger partial charge in [0.1, 0.15) is 5.82 Å². The van der Waals surface area contributed by atoms with E-state index in [4.69, 9.17) is 14.2 Å². The molecule has 7 nitrogen and oxygen atoms in total. The van der Waals surface area contributed by atoms with Crippen LogP contribution >= 0.6 is 0 Å². The van der Waals surface area contributed by atoms with Gasteiger partial charge in [0.25, 0.3) is 0 Å². The quantitative estimate of drug-likeness (QED) is 0.611. The van der Waals surface area contributed by atoms with Gasteiger partial charge in [-0.1, -0.05) is 0 Å². The molecule has 0 saturated heterocycles. The lowest BCUT2D eigenvalue weighted by Gasteiger charge is -2.12. The number of nitrogens with zero attached hydrogens (tertiary/aromatic N) is 1. The van der Waals surface area contributed by atoms with Crippen LogP contribution in [0.2, 0.25) is 0 Å². The van der Waals surface area contributed by atoms with Gasteiger partial charge in [-0.15, -0.1) is 0 Å². The number of aromatic amines is 1. The summed E-state index contributed by atoms with van der Waals surface area (Å²) >= 11 is 0. The van der Waals surface area contributed by atoms with Gasteiger partial charge in [-0.2, -0.15) is 0 Å². The van der Waals surface area contributed by atoms with Crippen LogP contribution in [-0.4, -0.2) is 37.2 Å². The van der Waals surface area contributed by atoms with Crippen LogP contribution in [-0.2, 0) is 4.79 Å². The zero-order valence-corrected chi connectivity index (χ0v) is 15.9. The molecule has 0 radical (unpaired) electrons. The topological polar surface area (TPSA) is 85.5 Å². The molecular weight excluding hydrogens is 358 g/mol. The van der Waals surface area contributed by atoms with Crippen molar-refractivity contribution in [3.63, 3.8) is 0 Å². The van der Waals surface area contributed by atoms with Gasteiger partial charge < -0.3 is 24.5 Å². The second-order valence-corrected chi connectivity index (χ2v) is 5.80. The van der Waals surface area contributed by atoms with E-state index in [9.17, 15) is 4.79 Å². The second-order valence-electron chi connectivity index (χ2n) is 5.80. The molecule has 0 aliphatic heterocycles. The Labute approximate surface area is 163 Å². The van der Waals surface area contributed by atoms with Crippen LogP contribution in [0.1, 0.15) is 5.56 Å². The van der Waals surface area contributed by atoms with Crippen molar-refractivity contribution in [2.75, 3.05) is 26.6 Å². The van der Waals surface area contributed by atoms with Crippen LogP contribution in [0, 0.1) is 0 Å². The Bertz CT molecular complexity index is 939. The number of carbonyl (C=O) groups excluding carboxylic acids is 1. The number of carbonyl (C=O) groups is 1. The lowest BCUT2D eigenvalue weighted by atomic mass is 10.1. The number of anilines is 1. The predicted octanol–water partition coefficient (Wildman–Crippen LogP) is 3.75. The summed E-state index contributed by atoms with van der Waals surface area (Å²) in [6.07, 6.45) is 6.58. The van der Waals surface area contributed by atoms with Gasteiger partial charge in [-0.3, -0.25) is 4.79 Å². The van der Waals surface area contributed by atoms with Crippen LogP contribution < -0.4 is 19.5 Å². The molecule has 2 N–H and O–H groups in total. The summed E-state index contributed by atoms with van der Waals surface area (Å²) in [5, 5.41) is 2.82. The third kappa shape index (κ3) is 4.32. The number of benzene rings is 2. The zero-order chi connectivity index (χ0) is 19.9. The van der Waals surface area contributed by atoms with Crippen molar-refractivity contribution in [1.29, 1.82) is 0 Å². The molecule has 0 saturated carbocycles. The summed E-state index contributed by atoms with van der Waals surface area (Å²) in [6.45, 7) is 0. The van der Waals surface area contributed by atoms with Gasteiger partial charge in [0, 0.05) is 29.7 Å². The first-order valence-electron chi connectivity index (χ1n) is 8.53. The lowest BCUT2D eigenvalue weighted by Crippen LogP contribution is -2.07. The van der Waals surface area contributed by atoms with E-state index >= 15 is 0 Å². The molecule has 0 aliphatic rings. The summed E-state index contributed by atoms with van der Waals surface area (Å²) in [7, 11) is 4.63. The van der Waals surface area contributed by atoms with Gasteiger partial charge >= 0.3 is 0 Å². The number of ether oxygens (including phenoxy) is 3. The van der Waals surface area contributed by atoms with E-state index in [1.165, 1.54) is 6.08 Å². The van der Waals surface area contributed by atoms with E-state index in [1.807, 2.05) is 24.3 Å². The molecule has 144 valence electrons. The monoisotopic (exact) mass is 379 g/mol. The number of hydrogen-bond donors (Lipinski definition) is 2. The van der Waals surface area contributed by atoms with Gasteiger partial charge in [-0.05, 0) is 48.0 Å². The molecule has 3 aromatic rings. The third-order valence-electron chi connectivity index (χ3n) is 4.04. The van der Waals surface area contributed by atoms with E-state index in [0.29, 0.717) is 22.9 Å². The van der Waals surface area contributed by atoms with E-state index in [1.54, 1.807) is 51.9 Å². The maximum atomic E-state index is 12.2. The third-order valence-corrected chi connectivity index (χ3v) is 4.04. The summed E-state index contributed by atoms with van der Waals surface area (Å²) in [6, 6.07) is 11.0. The molecule has 3 rings (SSSR count). The van der Waals surface area contributed by atoms with Crippen LogP contribution in [0.15, 0.2) is 54.9 Å². The second kappa shape index (κ2) is 8.77. The Hall–Kier alpha value is -3.74. The standard InChI is InChI=1S/C21H21N3O4/c1-26-17-12-14(13-18(27-2)20(17)28-3)4-9-19(25)24-16-7-5-15(6-8-16)21-22-10-11-23-21/h4-13H,1-3H3,(H,22,23)(H,24,25)/b9-4+. The number of nitrogens with one attached hydrogen (secondary N) is 2. The summed E-state index contributed by atoms with van der Waals surface area (Å²) in [5.74, 6) is 2.08. The van der Waals surface area contributed by atoms with Crippen LogP contribution in [0.25, 0.3) is 17.5 Å². The fraction of sp³-hybridized carbons (Fsp3) is 0.143. The minimum atomic E-state index is -0.250. The van der Waals surface area contributed by atoms with Crippen molar-refractivity contribution in [2.45, 2.75) is 0 Å². The van der Waals surface area contributed by atoms with E-state index in [0.717, 1.165) is 17.0 Å². The molecule has 0 atom stereocenters. The van der Waals surface area contributed by atoms with Crippen molar-refractivity contribution in [2.24, 2.45) is 0 Å². The fourth-order valence-electron chi connectivity index (χ4n) is 2.69. The molecule has 0 bridgehead atoms. The fourth-order valence-corrected chi connectivity index (χ4v) is 2.69. The highest BCUT2D eigenvalue weighted by Crippen LogP contribution is 2.38. The van der Waals surface area contributed by atoms with Crippen LogP contribution in [0.5, 0.6) is 17.2 Å². The molecule has 0 aliphatic carbocycles. The van der Waals surface area contributed by atoms with Crippen molar-refractivity contribution >= 4 is 17.7 Å². The molecule has 0 fully saturated rings. The number of H-pyrrole nitrogens is 1. The lowest BCUT2D eigenvalue weighted by molar-refractivity contribution is -0.111. The van der Waals surface area contributed by atoms with E-state index in [2.05, 4.69) is 15.3 Å². The van der Waals surface area contributed by atoms with Crippen LogP contribution in [0.4, 0.5) is 5.69 Å². The van der Waals surface area contributed by atoms with E-state index in [-0.39, 0.29) is 5.91 Å². The Morgan fingerprint density at radius 1 is 1.04 bits per heavy atom. The van der Waals surface area contributed by atoms with Crippen LogP contribution in [0.3, 0.4) is 0 Å². The number of amides is 1. The zero-order valence-electron chi connectivity index (χ0n) is 15.9. The molecule has 1 heterocycles. The molecule has 0 spiro atoms. The molecule has 1 aromatic heterocycles. The molecule has 28 heavy (non-hydrogen) atoms. The van der Waals surface area contributed by atoms with Crippen molar-refractivity contribution in [1.82, 2.24) is 9.97 Å². The minimum Gasteiger partial charge on any atom is -0.493 e. The Morgan fingerprint density at radius 3 is 2.25 bits per heavy atom. The summed E-state index contributed by atoms with van der Waals surface area (Å²) in [5.41, 5.74) is 2.38. The Morgan fingerprint density at radius 2 is 1.71 bits per heavy atom. The van der Waals surface area contributed by atoms with E-state index < -0.39 is 0 Å². The van der Waals surface area contributed by atoms with Gasteiger partial charge in [0.2, 0.25) is 11.7 Å². The molecule has 1 amide bonds. The largest absolute Gasteiger partial charge is 0.493 e. The molecule has 0 unspecified atom stereocenters. The molecule has 2 aromatic carbocycles. The normalized spacial score (nSPS) is 10.7. The van der Waals surface area contributed by atoms with Gasteiger partial charge in [0.15, 0.2) is 11.5 Å². The predicted molar refractivity (Wildman–Crippen MR) is 108 cm³/mol. The highest BCUT2D eigenvalue weighted by Gasteiger charge is 2.12. The number of rotatable bonds is 7. The molecular formula is C21H21N3O4. The first kappa shape index (κ1) is 19.0. The minimum absolute atomic E-state index is 0.250. The number of imidazole rings is 1. The average Bonchev–Trinajstić information content (AvgIpc) is 3.26. The highest BCUT2D eigenvalue weighted by molar-refractivity contribution is 6.02. The highest BCUT2D eigenvalue weighted by atomic mass is 16.5. The summed E-state index contributed by atoms with van der Waals surface area (Å²) < 4.78 is 15.9. The molecule has 7 heteroatoms. The first-order chi connectivity index (χ1) is 13.6. The number of methoxy groups -OCH3 is 3.